The molecule has 1 N–H and O–H groups in total. The first kappa shape index (κ1) is 19.9. The van der Waals surface area contributed by atoms with Gasteiger partial charge in [0.25, 0.3) is 0 Å². The van der Waals surface area contributed by atoms with Gasteiger partial charge >= 0.3 is 5.97 Å². The normalized spacial score (nSPS) is 19.4. The fourth-order valence-electron chi connectivity index (χ4n) is 2.93. The molecule has 2 aromatic rings. The molecule has 0 unspecified atom stereocenters. The molecule has 11 heteroatoms. The summed E-state index contributed by atoms with van der Waals surface area (Å²) in [5, 5.41) is 9.00. The Morgan fingerprint density at radius 3 is 2.63 bits per heavy atom. The fourth-order valence-corrected chi connectivity index (χ4v) is 6.88. The smallest absolute Gasteiger partial charge is 0.335 e. The molecule has 0 amide bonds. The van der Waals surface area contributed by atoms with E-state index >= 15 is 0 Å². The summed E-state index contributed by atoms with van der Waals surface area (Å²) in [6.45, 7) is -0.191. The Morgan fingerprint density at radius 2 is 2.07 bits per heavy atom. The average molecular weight is 434 g/mol. The van der Waals surface area contributed by atoms with Crippen molar-refractivity contribution in [1.29, 1.82) is 0 Å². The second kappa shape index (κ2) is 7.27. The molecule has 1 atom stereocenters. The van der Waals surface area contributed by atoms with Gasteiger partial charge in [0.05, 0.1) is 34.9 Å². The Balaban J connectivity index is 2.07. The van der Waals surface area contributed by atoms with Crippen molar-refractivity contribution < 1.29 is 31.2 Å². The number of aromatic carboxylic acids is 1. The van der Waals surface area contributed by atoms with Gasteiger partial charge in [-0.3, -0.25) is 0 Å². The number of benzene rings is 1. The molecule has 1 fully saturated rings. The highest BCUT2D eigenvalue weighted by Gasteiger charge is 2.40. The molecule has 1 aliphatic heterocycles. The van der Waals surface area contributed by atoms with E-state index < -0.39 is 31.9 Å². The topological polar surface area (TPSA) is 122 Å². The molecule has 0 spiro atoms. The van der Waals surface area contributed by atoms with Crippen LogP contribution in [0.5, 0.6) is 0 Å². The van der Waals surface area contributed by atoms with Crippen LogP contribution in [0.1, 0.15) is 22.5 Å². The van der Waals surface area contributed by atoms with Gasteiger partial charge in [-0.2, -0.15) is 4.31 Å². The van der Waals surface area contributed by atoms with Crippen LogP contribution in [-0.4, -0.2) is 49.8 Å². The van der Waals surface area contributed by atoms with Crippen LogP contribution in [0.3, 0.4) is 0 Å². The van der Waals surface area contributed by atoms with Crippen LogP contribution in [0.2, 0.25) is 5.02 Å². The van der Waals surface area contributed by atoms with Crippen molar-refractivity contribution in [2.75, 3.05) is 11.5 Å². The van der Waals surface area contributed by atoms with E-state index in [0.29, 0.717) is 5.76 Å². The Kier molecular flexibility index (Phi) is 5.35. The lowest BCUT2D eigenvalue weighted by molar-refractivity contribution is 0.0696. The molecular formula is C16H16ClNO7S2. The van der Waals surface area contributed by atoms with Gasteiger partial charge in [0.1, 0.15) is 10.7 Å². The van der Waals surface area contributed by atoms with E-state index in [2.05, 4.69) is 0 Å². The maximum absolute atomic E-state index is 13.3. The van der Waals surface area contributed by atoms with Crippen LogP contribution in [0.25, 0.3) is 0 Å². The molecule has 0 bridgehead atoms. The summed E-state index contributed by atoms with van der Waals surface area (Å²) in [5.74, 6) is -1.41. The number of hydrogen-bond acceptors (Lipinski definition) is 6. The molecule has 8 nitrogen and oxygen atoms in total. The monoisotopic (exact) mass is 433 g/mol. The van der Waals surface area contributed by atoms with Crippen molar-refractivity contribution in [2.45, 2.75) is 23.9 Å². The van der Waals surface area contributed by atoms with Gasteiger partial charge in [-0.15, -0.1) is 0 Å². The standard InChI is InChI=1S/C16H16ClNO7S2/c17-14-4-3-11(16(19)20)8-15(14)27(23,24)18(9-13-2-1-6-25-13)12-5-7-26(21,22)10-12/h1-4,6,8,12H,5,7,9-10H2,(H,19,20)/t12-/m0/s1. The molecule has 0 aliphatic carbocycles. The summed E-state index contributed by atoms with van der Waals surface area (Å²) in [7, 11) is -7.64. The first-order valence-corrected chi connectivity index (χ1v) is 11.5. The molecule has 1 aliphatic rings. The highest BCUT2D eigenvalue weighted by Crippen LogP contribution is 2.31. The van der Waals surface area contributed by atoms with E-state index in [1.165, 1.54) is 18.4 Å². The molecular weight excluding hydrogens is 418 g/mol. The number of halogens is 1. The Morgan fingerprint density at radius 1 is 1.33 bits per heavy atom. The van der Waals surface area contributed by atoms with E-state index in [-0.39, 0.29) is 40.0 Å². The second-order valence-electron chi connectivity index (χ2n) is 6.14. The Hall–Kier alpha value is -1.88. The molecule has 1 aromatic heterocycles. The van der Waals surface area contributed by atoms with E-state index in [4.69, 9.17) is 21.1 Å². The first-order valence-electron chi connectivity index (χ1n) is 7.88. The highest BCUT2D eigenvalue weighted by molar-refractivity contribution is 7.92. The lowest BCUT2D eigenvalue weighted by atomic mass is 10.2. The van der Waals surface area contributed by atoms with Crippen LogP contribution in [-0.2, 0) is 26.4 Å². The zero-order chi connectivity index (χ0) is 19.8. The zero-order valence-corrected chi connectivity index (χ0v) is 16.3. The molecule has 0 radical (unpaired) electrons. The number of carboxylic acid groups (broad SMARTS) is 1. The number of carbonyl (C=O) groups is 1. The van der Waals surface area contributed by atoms with E-state index in [0.717, 1.165) is 10.4 Å². The number of carboxylic acids is 1. The van der Waals surface area contributed by atoms with Crippen molar-refractivity contribution >= 4 is 37.4 Å². The third-order valence-corrected chi connectivity index (χ3v) is 8.40. The number of sulfonamides is 1. The van der Waals surface area contributed by atoms with Gasteiger partial charge in [0.15, 0.2) is 9.84 Å². The summed E-state index contributed by atoms with van der Waals surface area (Å²) >= 11 is 6.03. The number of sulfone groups is 1. The summed E-state index contributed by atoms with van der Waals surface area (Å²) in [4.78, 5) is 10.8. The van der Waals surface area contributed by atoms with E-state index in [1.807, 2.05) is 0 Å². The van der Waals surface area contributed by atoms with E-state index in [9.17, 15) is 21.6 Å². The van der Waals surface area contributed by atoms with Crippen molar-refractivity contribution in [3.05, 3.63) is 52.9 Å². The Bertz CT molecular complexity index is 1060. The minimum Gasteiger partial charge on any atom is -0.478 e. The molecule has 27 heavy (non-hydrogen) atoms. The van der Waals surface area contributed by atoms with Gasteiger partial charge in [0, 0.05) is 6.04 Å². The molecule has 2 heterocycles. The van der Waals surface area contributed by atoms with Gasteiger partial charge in [-0.25, -0.2) is 21.6 Å². The van der Waals surface area contributed by atoms with Crippen molar-refractivity contribution in [2.24, 2.45) is 0 Å². The second-order valence-corrected chi connectivity index (χ2v) is 10.6. The number of hydrogen-bond donors (Lipinski definition) is 1. The highest BCUT2D eigenvalue weighted by atomic mass is 35.5. The largest absolute Gasteiger partial charge is 0.478 e. The number of rotatable bonds is 6. The molecule has 1 aromatic carbocycles. The quantitative estimate of drug-likeness (QED) is 0.739. The van der Waals surface area contributed by atoms with Gasteiger partial charge in [-0.05, 0) is 36.8 Å². The van der Waals surface area contributed by atoms with Crippen LogP contribution in [0.4, 0.5) is 0 Å². The average Bonchev–Trinajstić information content (AvgIpc) is 3.21. The maximum Gasteiger partial charge on any atom is 0.335 e. The number of nitrogens with zero attached hydrogens (tertiary/aromatic N) is 1. The predicted octanol–water partition coefficient (Wildman–Crippen LogP) is 2.01. The molecule has 0 saturated carbocycles. The fraction of sp³-hybridized carbons (Fsp3) is 0.312. The van der Waals surface area contributed by atoms with Crippen LogP contribution >= 0.6 is 11.6 Å². The third-order valence-electron chi connectivity index (χ3n) is 4.27. The molecule has 3 rings (SSSR count). The summed E-state index contributed by atoms with van der Waals surface area (Å²) < 4.78 is 56.5. The number of furan rings is 1. The van der Waals surface area contributed by atoms with Crippen molar-refractivity contribution in [3.8, 4) is 0 Å². The minimum absolute atomic E-state index is 0.120. The predicted molar refractivity (Wildman–Crippen MR) is 96.9 cm³/mol. The Labute approximate surface area is 161 Å². The van der Waals surface area contributed by atoms with Crippen molar-refractivity contribution in [1.82, 2.24) is 4.31 Å². The maximum atomic E-state index is 13.3. The van der Waals surface area contributed by atoms with Crippen molar-refractivity contribution in [3.63, 3.8) is 0 Å². The van der Waals surface area contributed by atoms with Crippen LogP contribution in [0.15, 0.2) is 45.9 Å². The molecule has 1 saturated heterocycles. The molecule has 146 valence electrons. The lowest BCUT2D eigenvalue weighted by Gasteiger charge is -2.27. The summed E-state index contributed by atoms with van der Waals surface area (Å²) in [5.41, 5.74) is -0.241. The van der Waals surface area contributed by atoms with E-state index in [1.54, 1.807) is 12.1 Å². The van der Waals surface area contributed by atoms with Gasteiger partial charge in [0.2, 0.25) is 10.0 Å². The minimum atomic E-state index is -4.28. The SMILES string of the molecule is O=C(O)c1ccc(Cl)c(S(=O)(=O)N(Cc2ccco2)[C@H]2CCS(=O)(=O)C2)c1. The lowest BCUT2D eigenvalue weighted by Crippen LogP contribution is -2.40. The van der Waals surface area contributed by atoms with Crippen LogP contribution < -0.4 is 0 Å². The summed E-state index contributed by atoms with van der Waals surface area (Å²) in [6.07, 6.45) is 1.52. The first-order chi connectivity index (χ1) is 12.6. The van der Waals surface area contributed by atoms with Gasteiger partial charge in [-0.1, -0.05) is 11.6 Å². The third kappa shape index (κ3) is 4.18. The zero-order valence-electron chi connectivity index (χ0n) is 13.9. The van der Waals surface area contributed by atoms with Gasteiger partial charge < -0.3 is 9.52 Å². The van der Waals surface area contributed by atoms with Crippen LogP contribution in [0, 0.1) is 0 Å². The summed E-state index contributed by atoms with van der Waals surface area (Å²) in [6, 6.07) is 5.72.